The molecule has 34 heavy (non-hydrogen) atoms. The Morgan fingerprint density at radius 1 is 1.21 bits per heavy atom. The molecule has 2 aliphatic rings. The van der Waals surface area contributed by atoms with Crippen molar-refractivity contribution in [2.24, 2.45) is 5.92 Å². The van der Waals surface area contributed by atoms with Gasteiger partial charge in [0.1, 0.15) is 18.3 Å². The fourth-order valence-electron chi connectivity index (χ4n) is 3.82. The Kier molecular flexibility index (Phi) is 6.47. The molecule has 2 heterocycles. The average molecular weight is 475 g/mol. The van der Waals surface area contributed by atoms with Gasteiger partial charge in [-0.2, -0.15) is 0 Å². The first-order valence-electron chi connectivity index (χ1n) is 10.8. The van der Waals surface area contributed by atoms with E-state index >= 15 is 0 Å². The summed E-state index contributed by atoms with van der Waals surface area (Å²) < 4.78 is 33.1. The maximum atomic E-state index is 13.9. The quantitative estimate of drug-likeness (QED) is 0.581. The third kappa shape index (κ3) is 4.43. The summed E-state index contributed by atoms with van der Waals surface area (Å²) in [5.41, 5.74) is -1.82. The second-order valence-corrected chi connectivity index (χ2v) is 8.29. The Balaban J connectivity index is 1.68. The fraction of sp³-hybridized carbons (Fsp3) is 0.391. The lowest BCUT2D eigenvalue weighted by molar-refractivity contribution is -0.122. The number of halogens is 2. The SMILES string of the molecule is COCCN1CN(C(=O)C2CC2)n2cc(C(=O)CCc3ccc(F)cc3F)c(=O)c(O)c2C1=O. The molecule has 1 aromatic heterocycles. The second kappa shape index (κ2) is 9.34. The van der Waals surface area contributed by atoms with Crippen molar-refractivity contribution in [3.63, 3.8) is 0 Å². The first kappa shape index (κ1) is 23.6. The Morgan fingerprint density at radius 3 is 2.59 bits per heavy atom. The second-order valence-electron chi connectivity index (χ2n) is 8.29. The van der Waals surface area contributed by atoms with Gasteiger partial charge in [-0.05, 0) is 30.9 Å². The number of carbonyl (C=O) groups excluding carboxylic acids is 3. The number of carbonyl (C=O) groups is 3. The maximum absolute atomic E-state index is 13.9. The average Bonchev–Trinajstić information content (AvgIpc) is 3.65. The van der Waals surface area contributed by atoms with Gasteiger partial charge in [-0.25, -0.2) is 18.5 Å². The minimum atomic E-state index is -1.06. The first-order chi connectivity index (χ1) is 16.2. The highest BCUT2D eigenvalue weighted by molar-refractivity contribution is 6.02. The Morgan fingerprint density at radius 2 is 1.94 bits per heavy atom. The number of pyridine rings is 1. The number of aromatic nitrogens is 1. The van der Waals surface area contributed by atoms with Crippen molar-refractivity contribution in [1.29, 1.82) is 0 Å². The van der Waals surface area contributed by atoms with Crippen LogP contribution < -0.4 is 10.4 Å². The highest BCUT2D eigenvalue weighted by Gasteiger charge is 2.41. The standard InChI is InChI=1S/C23H23F2N3O6/c1-34-9-8-26-12-28(22(32)14-2-3-14)27-11-16(20(30)21(31)19(27)23(26)33)18(29)7-5-13-4-6-15(24)10-17(13)25/h4,6,10-11,14,31H,2-3,5,7-9,12H2,1H3. The molecule has 0 bridgehead atoms. The van der Waals surface area contributed by atoms with Crippen LogP contribution in [0.2, 0.25) is 0 Å². The zero-order chi connectivity index (χ0) is 24.6. The molecule has 2 aromatic rings. The normalized spacial score (nSPS) is 15.4. The number of rotatable bonds is 8. The third-order valence-corrected chi connectivity index (χ3v) is 5.90. The van der Waals surface area contributed by atoms with Gasteiger partial charge < -0.3 is 14.7 Å². The number of fused-ring (bicyclic) bond motifs is 1. The van der Waals surface area contributed by atoms with E-state index in [1.165, 1.54) is 23.1 Å². The smallest absolute Gasteiger partial charge is 0.278 e. The summed E-state index contributed by atoms with van der Waals surface area (Å²) in [4.78, 5) is 52.8. The zero-order valence-electron chi connectivity index (χ0n) is 18.4. The molecule has 1 aliphatic carbocycles. The number of amides is 2. The molecule has 11 heteroatoms. The van der Waals surface area contributed by atoms with Crippen LogP contribution in [-0.4, -0.2) is 59.2 Å². The number of nitrogens with zero attached hydrogens (tertiary/aromatic N) is 3. The number of methoxy groups -OCH3 is 1. The zero-order valence-corrected chi connectivity index (χ0v) is 18.4. The summed E-state index contributed by atoms with van der Waals surface area (Å²) in [6.45, 7) is 0.168. The summed E-state index contributed by atoms with van der Waals surface area (Å²) in [5.74, 6) is -4.46. The van der Waals surface area contributed by atoms with E-state index in [0.29, 0.717) is 18.9 Å². The number of benzene rings is 1. The summed E-state index contributed by atoms with van der Waals surface area (Å²) in [6.07, 6.45) is 2.02. The number of hydrogen-bond donors (Lipinski definition) is 1. The van der Waals surface area contributed by atoms with Crippen molar-refractivity contribution in [2.75, 3.05) is 31.9 Å². The molecule has 180 valence electrons. The molecule has 1 aromatic carbocycles. The van der Waals surface area contributed by atoms with Gasteiger partial charge in [0.15, 0.2) is 17.2 Å². The highest BCUT2D eigenvalue weighted by atomic mass is 19.1. The summed E-state index contributed by atoms with van der Waals surface area (Å²) in [6, 6.07) is 2.96. The van der Waals surface area contributed by atoms with Crippen molar-refractivity contribution in [3.05, 3.63) is 63.1 Å². The molecule has 0 atom stereocenters. The van der Waals surface area contributed by atoms with Crippen LogP contribution in [0.3, 0.4) is 0 Å². The van der Waals surface area contributed by atoms with Crippen LogP contribution in [0.1, 0.15) is 45.7 Å². The van der Waals surface area contributed by atoms with Gasteiger partial charge in [0.05, 0.1) is 12.2 Å². The monoisotopic (exact) mass is 475 g/mol. The van der Waals surface area contributed by atoms with Crippen LogP contribution in [0, 0.1) is 17.6 Å². The van der Waals surface area contributed by atoms with Crippen LogP contribution in [0.4, 0.5) is 8.78 Å². The predicted octanol–water partition coefficient (Wildman–Crippen LogP) is 1.58. The third-order valence-electron chi connectivity index (χ3n) is 5.90. The molecule has 0 saturated heterocycles. The van der Waals surface area contributed by atoms with Gasteiger partial charge in [-0.3, -0.25) is 19.2 Å². The van der Waals surface area contributed by atoms with Crippen molar-refractivity contribution < 1.29 is 33.0 Å². The lowest BCUT2D eigenvalue weighted by Gasteiger charge is -2.38. The van der Waals surface area contributed by atoms with E-state index in [-0.39, 0.29) is 50.1 Å². The Hall–Kier alpha value is -3.60. The van der Waals surface area contributed by atoms with Crippen LogP contribution in [0.15, 0.2) is 29.2 Å². The molecule has 9 nitrogen and oxygen atoms in total. The van der Waals surface area contributed by atoms with Gasteiger partial charge in [0.25, 0.3) is 5.91 Å². The number of Topliss-reactive ketones (excluding diaryl/α,β-unsaturated/α-hetero) is 1. The van der Waals surface area contributed by atoms with Crippen molar-refractivity contribution in [3.8, 4) is 5.75 Å². The van der Waals surface area contributed by atoms with Crippen LogP contribution in [0.5, 0.6) is 5.75 Å². The topological polar surface area (TPSA) is 109 Å². The molecule has 1 N–H and O–H groups in total. The van der Waals surface area contributed by atoms with Gasteiger partial charge in [0, 0.05) is 38.3 Å². The van der Waals surface area contributed by atoms with Crippen molar-refractivity contribution in [1.82, 2.24) is 9.58 Å². The van der Waals surface area contributed by atoms with E-state index in [2.05, 4.69) is 0 Å². The molecule has 0 radical (unpaired) electrons. The van der Waals surface area contributed by atoms with E-state index < -0.39 is 45.8 Å². The Bertz CT molecular complexity index is 1220. The van der Waals surface area contributed by atoms with E-state index in [1.807, 2.05) is 0 Å². The number of aryl methyl sites for hydroxylation is 1. The van der Waals surface area contributed by atoms with E-state index in [0.717, 1.165) is 16.9 Å². The molecular weight excluding hydrogens is 452 g/mol. The fourth-order valence-corrected chi connectivity index (χ4v) is 3.82. The molecule has 2 amide bonds. The number of ether oxygens (including phenoxy) is 1. The van der Waals surface area contributed by atoms with Gasteiger partial charge in [-0.1, -0.05) is 6.07 Å². The van der Waals surface area contributed by atoms with Gasteiger partial charge in [0.2, 0.25) is 11.3 Å². The molecule has 1 saturated carbocycles. The number of hydrogen-bond acceptors (Lipinski definition) is 6. The molecule has 0 unspecified atom stereocenters. The van der Waals surface area contributed by atoms with Gasteiger partial charge in [-0.15, -0.1) is 0 Å². The lowest BCUT2D eigenvalue weighted by atomic mass is 10.0. The Labute approximate surface area is 193 Å². The van der Waals surface area contributed by atoms with E-state index in [4.69, 9.17) is 4.74 Å². The largest absolute Gasteiger partial charge is 0.502 e. The molecule has 4 rings (SSSR count). The lowest BCUT2D eigenvalue weighted by Crippen LogP contribution is -2.57. The van der Waals surface area contributed by atoms with Crippen LogP contribution in [0.25, 0.3) is 0 Å². The molecule has 1 aliphatic heterocycles. The summed E-state index contributed by atoms with van der Waals surface area (Å²) >= 11 is 0. The van der Waals surface area contributed by atoms with Crippen molar-refractivity contribution in [2.45, 2.75) is 25.7 Å². The van der Waals surface area contributed by atoms with E-state index in [9.17, 15) is 33.1 Å². The predicted molar refractivity (Wildman–Crippen MR) is 115 cm³/mol. The van der Waals surface area contributed by atoms with Crippen molar-refractivity contribution >= 4 is 17.6 Å². The maximum Gasteiger partial charge on any atom is 0.278 e. The van der Waals surface area contributed by atoms with Gasteiger partial charge >= 0.3 is 0 Å². The highest BCUT2D eigenvalue weighted by Crippen LogP contribution is 2.32. The number of aromatic hydroxyl groups is 1. The first-order valence-corrected chi connectivity index (χ1v) is 10.8. The summed E-state index contributed by atoms with van der Waals surface area (Å²) in [5, 5.41) is 11.8. The summed E-state index contributed by atoms with van der Waals surface area (Å²) in [7, 11) is 1.45. The molecule has 1 fully saturated rings. The molecular formula is C23H23F2N3O6. The number of ketones is 1. The minimum Gasteiger partial charge on any atom is -0.502 e. The van der Waals surface area contributed by atoms with Crippen LogP contribution in [-0.2, 0) is 16.0 Å². The van der Waals surface area contributed by atoms with E-state index in [1.54, 1.807) is 0 Å². The molecule has 0 spiro atoms. The minimum absolute atomic E-state index is 0.0894. The van der Waals surface area contributed by atoms with Crippen LogP contribution >= 0.6 is 0 Å².